The van der Waals surface area contributed by atoms with Gasteiger partial charge in [0.1, 0.15) is 17.7 Å². The van der Waals surface area contributed by atoms with Crippen LogP contribution >= 0.6 is 0 Å². The first kappa shape index (κ1) is 22.7. The minimum absolute atomic E-state index is 0.0144. The molecule has 0 aromatic heterocycles. The molecule has 1 rings (SSSR count). The van der Waals surface area contributed by atoms with Crippen LogP contribution in [-0.2, 0) is 23.8 Å². The Balaban J connectivity index is 2.45. The van der Waals surface area contributed by atoms with Gasteiger partial charge in [0.15, 0.2) is 5.78 Å². The molecule has 1 aliphatic rings. The minimum atomic E-state index is -1.17. The summed E-state index contributed by atoms with van der Waals surface area (Å²) in [5.74, 6) is -0.803. The molecule has 1 fully saturated rings. The van der Waals surface area contributed by atoms with E-state index in [0.29, 0.717) is 12.8 Å². The zero-order chi connectivity index (χ0) is 20.8. The molecule has 1 N–H and O–H groups in total. The Labute approximate surface area is 159 Å². The largest absolute Gasteiger partial charge is 0.444 e. The smallest absolute Gasteiger partial charge is 0.413 e. The highest BCUT2D eigenvalue weighted by atomic mass is 16.7. The van der Waals surface area contributed by atoms with E-state index in [1.807, 2.05) is 0 Å². The van der Waals surface area contributed by atoms with Crippen molar-refractivity contribution in [2.24, 2.45) is 0 Å². The van der Waals surface area contributed by atoms with Crippen molar-refractivity contribution in [2.45, 2.75) is 77.7 Å². The number of ketones is 1. The topological polar surface area (TPSA) is 111 Å². The van der Waals surface area contributed by atoms with Crippen molar-refractivity contribution < 1.29 is 33.4 Å². The highest BCUT2D eigenvalue weighted by Crippen LogP contribution is 2.30. The Morgan fingerprint density at radius 1 is 1.22 bits per heavy atom. The lowest BCUT2D eigenvalue weighted by Gasteiger charge is -2.39. The molecule has 0 aromatic rings. The lowest BCUT2D eigenvalue weighted by atomic mass is 9.81. The standard InChI is InChI=1S/C18H30N2O7/c1-12(25-14(22)11-19-15(23)27-17(2,3)4)26-16(24)20(6)18(5)10-8-7-9-13(18)21/h12H,7-11H2,1-6H3,(H,19,23)/t12?,18-/m1/s1. The predicted octanol–water partition coefficient (Wildman–Crippen LogP) is 2.37. The summed E-state index contributed by atoms with van der Waals surface area (Å²) in [6, 6.07) is 0. The molecule has 1 unspecified atom stereocenters. The maximum Gasteiger partial charge on any atom is 0.413 e. The van der Waals surface area contributed by atoms with E-state index >= 15 is 0 Å². The first-order valence-corrected chi connectivity index (χ1v) is 8.99. The van der Waals surface area contributed by atoms with Gasteiger partial charge in [0.2, 0.25) is 6.29 Å². The average Bonchev–Trinajstić information content (AvgIpc) is 2.53. The van der Waals surface area contributed by atoms with E-state index in [1.165, 1.54) is 18.9 Å². The fourth-order valence-corrected chi connectivity index (χ4v) is 2.65. The summed E-state index contributed by atoms with van der Waals surface area (Å²) in [6.45, 7) is 7.74. The zero-order valence-corrected chi connectivity index (χ0v) is 16.9. The van der Waals surface area contributed by atoms with Crippen LogP contribution in [0.4, 0.5) is 9.59 Å². The quantitative estimate of drug-likeness (QED) is 0.570. The van der Waals surface area contributed by atoms with Gasteiger partial charge >= 0.3 is 18.2 Å². The molecule has 1 aliphatic carbocycles. The van der Waals surface area contributed by atoms with Crippen LogP contribution in [0.3, 0.4) is 0 Å². The number of nitrogens with one attached hydrogen (secondary N) is 1. The second-order valence-electron chi connectivity index (χ2n) is 7.76. The normalized spacial score (nSPS) is 21.0. The Morgan fingerprint density at radius 2 is 1.85 bits per heavy atom. The fourth-order valence-electron chi connectivity index (χ4n) is 2.65. The lowest BCUT2D eigenvalue weighted by molar-refractivity contribution is -0.166. The molecule has 0 radical (unpaired) electrons. The van der Waals surface area contributed by atoms with E-state index in [0.717, 1.165) is 12.8 Å². The van der Waals surface area contributed by atoms with Crippen molar-refractivity contribution in [1.29, 1.82) is 0 Å². The van der Waals surface area contributed by atoms with Gasteiger partial charge in [-0.3, -0.25) is 14.5 Å². The summed E-state index contributed by atoms with van der Waals surface area (Å²) in [6.07, 6.45) is -0.0344. The van der Waals surface area contributed by atoms with Crippen LogP contribution in [0.25, 0.3) is 0 Å². The lowest BCUT2D eigenvalue weighted by Crippen LogP contribution is -2.55. The van der Waals surface area contributed by atoms with E-state index in [1.54, 1.807) is 27.7 Å². The van der Waals surface area contributed by atoms with Gasteiger partial charge in [-0.05, 0) is 40.5 Å². The van der Waals surface area contributed by atoms with Gasteiger partial charge in [-0.15, -0.1) is 0 Å². The molecule has 2 amide bonds. The summed E-state index contributed by atoms with van der Waals surface area (Å²) < 4.78 is 15.0. The van der Waals surface area contributed by atoms with Crippen LogP contribution in [0, 0.1) is 0 Å². The van der Waals surface area contributed by atoms with Crippen molar-refractivity contribution in [2.75, 3.05) is 13.6 Å². The number of rotatable bonds is 5. The molecular weight excluding hydrogens is 356 g/mol. The van der Waals surface area contributed by atoms with Crippen LogP contribution in [0.15, 0.2) is 0 Å². The molecule has 27 heavy (non-hydrogen) atoms. The molecular formula is C18H30N2O7. The Hall–Kier alpha value is -2.32. The van der Waals surface area contributed by atoms with E-state index < -0.39 is 42.1 Å². The molecule has 0 saturated heterocycles. The third-order valence-electron chi connectivity index (χ3n) is 4.27. The monoisotopic (exact) mass is 386 g/mol. The zero-order valence-electron chi connectivity index (χ0n) is 16.9. The van der Waals surface area contributed by atoms with Gasteiger partial charge < -0.3 is 19.5 Å². The number of ether oxygens (including phenoxy) is 3. The minimum Gasteiger partial charge on any atom is -0.444 e. The van der Waals surface area contributed by atoms with Gasteiger partial charge in [0.25, 0.3) is 0 Å². The number of carbonyl (C=O) groups excluding carboxylic acids is 4. The third kappa shape index (κ3) is 7.07. The van der Waals surface area contributed by atoms with E-state index in [-0.39, 0.29) is 5.78 Å². The Bertz CT molecular complexity index is 585. The summed E-state index contributed by atoms with van der Waals surface area (Å²) >= 11 is 0. The number of Topliss-reactive ketones (excluding diaryl/α,β-unsaturated/α-hetero) is 1. The van der Waals surface area contributed by atoms with Crippen molar-refractivity contribution >= 4 is 23.9 Å². The van der Waals surface area contributed by atoms with E-state index in [9.17, 15) is 19.2 Å². The van der Waals surface area contributed by atoms with Crippen LogP contribution in [0.2, 0.25) is 0 Å². The number of hydrogen-bond acceptors (Lipinski definition) is 7. The first-order valence-electron chi connectivity index (χ1n) is 8.99. The highest BCUT2D eigenvalue weighted by Gasteiger charge is 2.42. The molecule has 0 spiro atoms. The molecule has 9 nitrogen and oxygen atoms in total. The van der Waals surface area contributed by atoms with Gasteiger partial charge in [-0.2, -0.15) is 0 Å². The summed E-state index contributed by atoms with van der Waals surface area (Å²) in [5.41, 5.74) is -1.61. The van der Waals surface area contributed by atoms with Gasteiger partial charge in [-0.1, -0.05) is 6.42 Å². The maximum absolute atomic E-state index is 12.3. The van der Waals surface area contributed by atoms with Crippen molar-refractivity contribution in [3.05, 3.63) is 0 Å². The number of alkyl carbamates (subject to hydrolysis) is 1. The van der Waals surface area contributed by atoms with Crippen LogP contribution < -0.4 is 5.32 Å². The number of carbonyl (C=O) groups is 4. The number of esters is 1. The maximum atomic E-state index is 12.3. The second-order valence-corrected chi connectivity index (χ2v) is 7.76. The van der Waals surface area contributed by atoms with Crippen LogP contribution in [-0.4, -0.2) is 59.9 Å². The van der Waals surface area contributed by atoms with Gasteiger partial charge in [0, 0.05) is 20.4 Å². The number of amides is 2. The number of likely N-dealkylation sites (N-methyl/N-ethyl adjacent to an activating group) is 1. The third-order valence-corrected chi connectivity index (χ3v) is 4.27. The van der Waals surface area contributed by atoms with E-state index in [2.05, 4.69) is 5.32 Å². The molecule has 1 saturated carbocycles. The molecule has 0 heterocycles. The van der Waals surface area contributed by atoms with Gasteiger partial charge in [0.05, 0.1) is 0 Å². The summed E-state index contributed by atoms with van der Waals surface area (Å²) in [5, 5.41) is 2.25. The fraction of sp³-hybridized carbons (Fsp3) is 0.778. The molecule has 9 heteroatoms. The SMILES string of the molecule is CC(OC(=O)CNC(=O)OC(C)(C)C)OC(=O)N(C)[C@]1(C)CCCCC1=O. The highest BCUT2D eigenvalue weighted by molar-refractivity contribution is 5.91. The van der Waals surface area contributed by atoms with Crippen molar-refractivity contribution in [3.8, 4) is 0 Å². The van der Waals surface area contributed by atoms with Crippen molar-refractivity contribution in [3.63, 3.8) is 0 Å². The average molecular weight is 386 g/mol. The molecule has 154 valence electrons. The molecule has 0 aromatic carbocycles. The van der Waals surface area contributed by atoms with E-state index in [4.69, 9.17) is 14.2 Å². The predicted molar refractivity (Wildman–Crippen MR) is 95.9 cm³/mol. The molecule has 2 atom stereocenters. The number of hydrogen-bond donors (Lipinski definition) is 1. The Kier molecular flexibility index (Phi) is 7.62. The summed E-state index contributed by atoms with van der Waals surface area (Å²) in [7, 11) is 1.49. The van der Waals surface area contributed by atoms with Crippen LogP contribution in [0.1, 0.15) is 60.3 Å². The second kappa shape index (κ2) is 9.05. The molecule has 0 bridgehead atoms. The molecule has 0 aliphatic heterocycles. The first-order chi connectivity index (χ1) is 12.3. The van der Waals surface area contributed by atoms with Gasteiger partial charge in [-0.25, -0.2) is 9.59 Å². The van der Waals surface area contributed by atoms with Crippen LogP contribution in [0.5, 0.6) is 0 Å². The summed E-state index contributed by atoms with van der Waals surface area (Å²) in [4.78, 5) is 48.9. The van der Waals surface area contributed by atoms with Crippen molar-refractivity contribution in [1.82, 2.24) is 10.2 Å². The Morgan fingerprint density at radius 3 is 2.41 bits per heavy atom. The number of nitrogens with zero attached hydrogens (tertiary/aromatic N) is 1.